The summed E-state index contributed by atoms with van der Waals surface area (Å²) in [6.45, 7) is 6.91. The van der Waals surface area contributed by atoms with E-state index in [0.29, 0.717) is 36.0 Å². The van der Waals surface area contributed by atoms with Gasteiger partial charge in [-0.05, 0) is 56.7 Å². The first-order valence-corrected chi connectivity index (χ1v) is 8.43. The Bertz CT molecular complexity index is 715. The van der Waals surface area contributed by atoms with Gasteiger partial charge in [0, 0.05) is 5.56 Å². The summed E-state index contributed by atoms with van der Waals surface area (Å²) in [5, 5.41) is 2.99. The molecule has 0 heterocycles. The highest BCUT2D eigenvalue weighted by molar-refractivity contribution is 5.94. The van der Waals surface area contributed by atoms with Gasteiger partial charge in [0.15, 0.2) is 11.5 Å². The van der Waals surface area contributed by atoms with E-state index in [1.807, 2.05) is 39.0 Å². The average molecular weight is 343 g/mol. The van der Waals surface area contributed by atoms with Crippen molar-refractivity contribution < 1.29 is 19.0 Å². The van der Waals surface area contributed by atoms with Gasteiger partial charge in [-0.25, -0.2) is 0 Å². The van der Waals surface area contributed by atoms with Crippen LogP contribution in [0.2, 0.25) is 0 Å². The highest BCUT2D eigenvalue weighted by Crippen LogP contribution is 2.30. The molecule has 0 aliphatic heterocycles. The molecule has 0 saturated heterocycles. The molecule has 0 saturated carbocycles. The fraction of sp³-hybridized carbons (Fsp3) is 0.350. The number of benzene rings is 2. The molecule has 0 bridgehead atoms. The maximum atomic E-state index is 12.5. The molecule has 0 fully saturated rings. The van der Waals surface area contributed by atoms with Gasteiger partial charge in [-0.2, -0.15) is 0 Å². The van der Waals surface area contributed by atoms with E-state index in [2.05, 4.69) is 5.32 Å². The van der Waals surface area contributed by atoms with Crippen molar-refractivity contribution in [3.63, 3.8) is 0 Å². The van der Waals surface area contributed by atoms with Crippen molar-refractivity contribution >= 4 is 5.91 Å². The molecule has 0 unspecified atom stereocenters. The van der Waals surface area contributed by atoms with Crippen LogP contribution < -0.4 is 19.5 Å². The topological polar surface area (TPSA) is 56.8 Å². The van der Waals surface area contributed by atoms with Gasteiger partial charge in [0.25, 0.3) is 5.91 Å². The van der Waals surface area contributed by atoms with Crippen LogP contribution in [0.25, 0.3) is 0 Å². The molecule has 5 heteroatoms. The maximum Gasteiger partial charge on any atom is 0.251 e. The van der Waals surface area contributed by atoms with Gasteiger partial charge in [0.05, 0.1) is 26.4 Å². The molecule has 0 radical (unpaired) electrons. The van der Waals surface area contributed by atoms with Crippen LogP contribution in [-0.2, 0) is 0 Å². The Morgan fingerprint density at radius 2 is 1.76 bits per heavy atom. The zero-order chi connectivity index (χ0) is 18.2. The van der Waals surface area contributed by atoms with Crippen LogP contribution in [0.1, 0.15) is 42.7 Å². The van der Waals surface area contributed by atoms with Crippen molar-refractivity contribution in [3.05, 3.63) is 53.6 Å². The summed E-state index contributed by atoms with van der Waals surface area (Å²) in [4.78, 5) is 12.5. The Labute approximate surface area is 148 Å². The first-order valence-electron chi connectivity index (χ1n) is 8.43. The number of methoxy groups -OCH3 is 1. The van der Waals surface area contributed by atoms with Crippen LogP contribution >= 0.6 is 0 Å². The van der Waals surface area contributed by atoms with E-state index in [1.54, 1.807) is 31.4 Å². The van der Waals surface area contributed by atoms with Crippen molar-refractivity contribution in [2.45, 2.75) is 26.8 Å². The molecular weight excluding hydrogens is 318 g/mol. The monoisotopic (exact) mass is 343 g/mol. The quantitative estimate of drug-likeness (QED) is 0.787. The zero-order valence-electron chi connectivity index (χ0n) is 15.2. The number of ether oxygens (including phenoxy) is 3. The van der Waals surface area contributed by atoms with Gasteiger partial charge in [0.2, 0.25) is 0 Å². The van der Waals surface area contributed by atoms with E-state index in [0.717, 1.165) is 5.56 Å². The number of rotatable bonds is 8. The molecular formula is C20H25NO4. The van der Waals surface area contributed by atoms with E-state index in [9.17, 15) is 4.79 Å². The second-order valence-corrected chi connectivity index (χ2v) is 5.50. The first kappa shape index (κ1) is 18.6. The Hall–Kier alpha value is -2.69. The zero-order valence-corrected chi connectivity index (χ0v) is 15.2. The molecule has 0 aliphatic carbocycles. The molecule has 0 spiro atoms. The van der Waals surface area contributed by atoms with Crippen LogP contribution in [0.15, 0.2) is 42.5 Å². The van der Waals surface area contributed by atoms with Gasteiger partial charge in [0.1, 0.15) is 5.75 Å². The number of hydrogen-bond donors (Lipinski definition) is 1. The minimum atomic E-state index is -0.173. The largest absolute Gasteiger partial charge is 0.497 e. The summed E-state index contributed by atoms with van der Waals surface area (Å²) in [6, 6.07) is 12.6. The Morgan fingerprint density at radius 3 is 2.44 bits per heavy atom. The second-order valence-electron chi connectivity index (χ2n) is 5.50. The van der Waals surface area contributed by atoms with Gasteiger partial charge in [-0.3, -0.25) is 4.79 Å². The van der Waals surface area contributed by atoms with Crippen LogP contribution in [0, 0.1) is 0 Å². The lowest BCUT2D eigenvalue weighted by molar-refractivity contribution is 0.0939. The standard InChI is InChI=1S/C20H25NO4/c1-5-24-18-11-10-15(13-19(18)25-6-2)14(3)21-20(22)16-8-7-9-17(12-16)23-4/h7-14H,5-6H2,1-4H3,(H,21,22)/t14-/m1/s1. The van der Waals surface area contributed by atoms with Gasteiger partial charge in [-0.1, -0.05) is 12.1 Å². The SMILES string of the molecule is CCOc1ccc([C@@H](C)NC(=O)c2cccc(OC)c2)cc1OCC. The van der Waals surface area contributed by atoms with Crippen molar-refractivity contribution in [1.29, 1.82) is 0 Å². The third-order valence-electron chi connectivity index (χ3n) is 3.75. The fourth-order valence-electron chi connectivity index (χ4n) is 2.46. The van der Waals surface area contributed by atoms with E-state index in [1.165, 1.54) is 0 Å². The number of carbonyl (C=O) groups excluding carboxylic acids is 1. The Kier molecular flexibility index (Phi) is 6.69. The number of carbonyl (C=O) groups is 1. The van der Waals surface area contributed by atoms with Crippen LogP contribution in [0.4, 0.5) is 0 Å². The number of hydrogen-bond acceptors (Lipinski definition) is 4. The molecule has 2 aromatic carbocycles. The second kappa shape index (κ2) is 8.97. The van der Waals surface area contributed by atoms with Crippen molar-refractivity contribution in [2.75, 3.05) is 20.3 Å². The Morgan fingerprint density at radius 1 is 1.04 bits per heavy atom. The van der Waals surface area contributed by atoms with Crippen molar-refractivity contribution in [1.82, 2.24) is 5.32 Å². The van der Waals surface area contributed by atoms with Crippen molar-refractivity contribution in [3.8, 4) is 17.2 Å². The van der Waals surface area contributed by atoms with E-state index in [-0.39, 0.29) is 11.9 Å². The predicted molar refractivity (Wildman–Crippen MR) is 97.7 cm³/mol. The van der Waals surface area contributed by atoms with Crippen molar-refractivity contribution in [2.24, 2.45) is 0 Å². The van der Waals surface area contributed by atoms with E-state index in [4.69, 9.17) is 14.2 Å². The lowest BCUT2D eigenvalue weighted by atomic mass is 10.1. The first-order chi connectivity index (χ1) is 12.1. The summed E-state index contributed by atoms with van der Waals surface area (Å²) < 4.78 is 16.4. The molecule has 0 aromatic heterocycles. The lowest BCUT2D eigenvalue weighted by Gasteiger charge is -2.17. The number of amides is 1. The molecule has 1 N–H and O–H groups in total. The highest BCUT2D eigenvalue weighted by Gasteiger charge is 2.14. The average Bonchev–Trinajstić information content (AvgIpc) is 2.63. The van der Waals surface area contributed by atoms with Crippen LogP contribution in [0.5, 0.6) is 17.2 Å². The summed E-state index contributed by atoms with van der Waals surface area (Å²) in [5.74, 6) is 1.89. The Balaban J connectivity index is 2.15. The lowest BCUT2D eigenvalue weighted by Crippen LogP contribution is -2.26. The highest BCUT2D eigenvalue weighted by atomic mass is 16.5. The fourth-order valence-corrected chi connectivity index (χ4v) is 2.46. The van der Waals surface area contributed by atoms with Gasteiger partial charge >= 0.3 is 0 Å². The van der Waals surface area contributed by atoms with E-state index >= 15 is 0 Å². The predicted octanol–water partition coefficient (Wildman–Crippen LogP) is 3.98. The third-order valence-corrected chi connectivity index (χ3v) is 3.75. The smallest absolute Gasteiger partial charge is 0.251 e. The molecule has 5 nitrogen and oxygen atoms in total. The molecule has 134 valence electrons. The number of nitrogens with one attached hydrogen (secondary N) is 1. The van der Waals surface area contributed by atoms with Crippen LogP contribution in [0.3, 0.4) is 0 Å². The maximum absolute atomic E-state index is 12.5. The molecule has 1 atom stereocenters. The molecule has 1 amide bonds. The molecule has 2 rings (SSSR count). The minimum Gasteiger partial charge on any atom is -0.497 e. The normalized spacial score (nSPS) is 11.5. The summed E-state index contributed by atoms with van der Waals surface area (Å²) in [7, 11) is 1.58. The van der Waals surface area contributed by atoms with E-state index < -0.39 is 0 Å². The van der Waals surface area contributed by atoms with Gasteiger partial charge in [-0.15, -0.1) is 0 Å². The summed E-state index contributed by atoms with van der Waals surface area (Å²) in [6.07, 6.45) is 0. The molecule has 0 aliphatic rings. The summed E-state index contributed by atoms with van der Waals surface area (Å²) in [5.41, 5.74) is 1.50. The molecule has 2 aromatic rings. The van der Waals surface area contributed by atoms with Gasteiger partial charge < -0.3 is 19.5 Å². The van der Waals surface area contributed by atoms with Crippen LogP contribution in [-0.4, -0.2) is 26.2 Å². The minimum absolute atomic E-state index is 0.154. The third kappa shape index (κ3) is 4.89. The molecule has 25 heavy (non-hydrogen) atoms. The summed E-state index contributed by atoms with van der Waals surface area (Å²) >= 11 is 0.